The molecule has 1 aromatic rings. The van der Waals surface area contributed by atoms with Crippen molar-refractivity contribution in [2.75, 3.05) is 13.9 Å². The quantitative estimate of drug-likeness (QED) is 0.749. The van der Waals surface area contributed by atoms with Gasteiger partial charge in [0.2, 0.25) is 6.79 Å². The molecule has 1 aromatic carbocycles. The molecule has 0 spiro atoms. The number of halogens is 1. The number of fused-ring (bicyclic) bond motifs is 1. The van der Waals surface area contributed by atoms with Gasteiger partial charge in [-0.25, -0.2) is 0 Å². The summed E-state index contributed by atoms with van der Waals surface area (Å²) in [6.45, 7) is 0.304. The maximum atomic E-state index is 5.24. The first kappa shape index (κ1) is 8.84. The monoisotopic (exact) mass is 244 g/mol. The summed E-state index contributed by atoms with van der Waals surface area (Å²) in [5, 5.41) is -0.0954. The predicted octanol–water partition coefficient (Wildman–Crippen LogP) is 2.46. The number of hydrogen-bond acceptors (Lipinski definition) is 3. The fourth-order valence-corrected chi connectivity index (χ4v) is 1.48. The number of hydrogen-bond donors (Lipinski definition) is 0. The Balaban J connectivity index is 2.30. The molecule has 0 aromatic heterocycles. The molecule has 0 fully saturated rings. The minimum Gasteiger partial charge on any atom is -0.454 e. The zero-order valence-corrected chi connectivity index (χ0v) is 8.71. The summed E-state index contributed by atoms with van der Waals surface area (Å²) in [4.78, 5) is 0. The molecule has 0 aliphatic carbocycles. The van der Waals surface area contributed by atoms with Crippen LogP contribution in [-0.2, 0) is 4.74 Å². The van der Waals surface area contributed by atoms with Gasteiger partial charge < -0.3 is 14.2 Å². The third kappa shape index (κ3) is 1.64. The summed E-state index contributed by atoms with van der Waals surface area (Å²) >= 11 is 3.37. The highest BCUT2D eigenvalue weighted by atomic mass is 79.9. The molecular formula is C9H9BrO3. The van der Waals surface area contributed by atoms with Gasteiger partial charge in [-0.2, -0.15) is 0 Å². The van der Waals surface area contributed by atoms with E-state index in [4.69, 9.17) is 14.2 Å². The maximum Gasteiger partial charge on any atom is 0.231 e. The Bertz CT molecular complexity index is 314. The molecule has 4 heteroatoms. The Morgan fingerprint density at radius 1 is 1.38 bits per heavy atom. The Morgan fingerprint density at radius 2 is 2.15 bits per heavy atom. The van der Waals surface area contributed by atoms with Gasteiger partial charge in [-0.1, -0.05) is 22.0 Å². The fourth-order valence-electron chi connectivity index (χ4n) is 1.19. The van der Waals surface area contributed by atoms with Crippen LogP contribution >= 0.6 is 15.9 Å². The van der Waals surface area contributed by atoms with Crippen LogP contribution in [0.1, 0.15) is 10.6 Å². The van der Waals surface area contributed by atoms with E-state index in [1.165, 1.54) is 0 Å². The number of methoxy groups -OCH3 is 1. The zero-order valence-electron chi connectivity index (χ0n) is 7.12. The average Bonchev–Trinajstić information content (AvgIpc) is 2.63. The molecule has 0 saturated carbocycles. The van der Waals surface area contributed by atoms with Crippen molar-refractivity contribution in [3.8, 4) is 11.5 Å². The van der Waals surface area contributed by atoms with Gasteiger partial charge in [-0.05, 0) is 17.7 Å². The highest BCUT2D eigenvalue weighted by Gasteiger charge is 2.15. The lowest BCUT2D eigenvalue weighted by Gasteiger charge is -2.07. The van der Waals surface area contributed by atoms with Crippen LogP contribution in [0.25, 0.3) is 0 Å². The van der Waals surface area contributed by atoms with E-state index in [2.05, 4.69) is 15.9 Å². The molecule has 0 N–H and O–H groups in total. The van der Waals surface area contributed by atoms with E-state index < -0.39 is 0 Å². The van der Waals surface area contributed by atoms with E-state index in [0.717, 1.165) is 17.1 Å². The third-order valence-electron chi connectivity index (χ3n) is 1.87. The summed E-state index contributed by atoms with van der Waals surface area (Å²) in [5.74, 6) is 1.57. The van der Waals surface area contributed by atoms with Gasteiger partial charge in [0.05, 0.1) is 0 Å². The topological polar surface area (TPSA) is 27.7 Å². The third-order valence-corrected chi connectivity index (χ3v) is 2.77. The van der Waals surface area contributed by atoms with Crippen LogP contribution < -0.4 is 9.47 Å². The molecule has 1 atom stereocenters. The zero-order chi connectivity index (χ0) is 9.26. The molecule has 0 bridgehead atoms. The Kier molecular flexibility index (Phi) is 2.42. The van der Waals surface area contributed by atoms with Gasteiger partial charge >= 0.3 is 0 Å². The lowest BCUT2D eigenvalue weighted by Crippen LogP contribution is -1.93. The normalized spacial score (nSPS) is 15.8. The van der Waals surface area contributed by atoms with Crippen molar-refractivity contribution in [3.05, 3.63) is 23.8 Å². The Hall–Kier alpha value is -0.740. The molecule has 1 heterocycles. The van der Waals surface area contributed by atoms with Crippen molar-refractivity contribution in [2.45, 2.75) is 5.01 Å². The summed E-state index contributed by atoms with van der Waals surface area (Å²) < 4.78 is 15.5. The summed E-state index contributed by atoms with van der Waals surface area (Å²) in [6.07, 6.45) is 0. The summed E-state index contributed by atoms with van der Waals surface area (Å²) in [7, 11) is 1.64. The van der Waals surface area contributed by atoms with E-state index in [1.54, 1.807) is 7.11 Å². The van der Waals surface area contributed by atoms with Gasteiger partial charge in [0, 0.05) is 7.11 Å². The van der Waals surface area contributed by atoms with Crippen molar-refractivity contribution in [1.29, 1.82) is 0 Å². The van der Waals surface area contributed by atoms with Crippen LogP contribution in [0, 0.1) is 0 Å². The largest absolute Gasteiger partial charge is 0.454 e. The first-order chi connectivity index (χ1) is 6.31. The second-order valence-corrected chi connectivity index (χ2v) is 3.50. The number of rotatable bonds is 2. The van der Waals surface area contributed by atoms with Crippen LogP contribution in [0.5, 0.6) is 11.5 Å². The molecule has 1 unspecified atom stereocenters. The molecule has 0 saturated heterocycles. The van der Waals surface area contributed by atoms with Crippen molar-refractivity contribution < 1.29 is 14.2 Å². The van der Waals surface area contributed by atoms with Gasteiger partial charge in [0.15, 0.2) is 11.5 Å². The van der Waals surface area contributed by atoms with Crippen LogP contribution in [0.2, 0.25) is 0 Å². The predicted molar refractivity (Wildman–Crippen MR) is 51.2 cm³/mol. The highest BCUT2D eigenvalue weighted by Crippen LogP contribution is 2.36. The molecular weight excluding hydrogens is 236 g/mol. The Morgan fingerprint density at radius 3 is 2.92 bits per heavy atom. The standard InChI is InChI=1S/C9H9BrO3/c1-11-9(10)6-2-3-7-8(4-6)13-5-12-7/h2-4,9H,5H2,1H3. The fraction of sp³-hybridized carbons (Fsp3) is 0.333. The second kappa shape index (κ2) is 3.55. The minimum atomic E-state index is -0.0954. The van der Waals surface area contributed by atoms with Crippen molar-refractivity contribution in [3.63, 3.8) is 0 Å². The molecule has 0 radical (unpaired) electrons. The van der Waals surface area contributed by atoms with E-state index in [0.29, 0.717) is 6.79 Å². The van der Waals surface area contributed by atoms with Crippen LogP contribution in [0.3, 0.4) is 0 Å². The number of benzene rings is 1. The first-order valence-corrected chi connectivity index (χ1v) is 4.79. The summed E-state index contributed by atoms with van der Waals surface area (Å²) in [6, 6.07) is 5.73. The molecule has 2 rings (SSSR count). The average molecular weight is 245 g/mol. The summed E-state index contributed by atoms with van der Waals surface area (Å²) in [5.41, 5.74) is 1.02. The smallest absolute Gasteiger partial charge is 0.231 e. The number of ether oxygens (including phenoxy) is 3. The van der Waals surface area contributed by atoms with E-state index >= 15 is 0 Å². The minimum absolute atomic E-state index is 0.0954. The van der Waals surface area contributed by atoms with Crippen molar-refractivity contribution in [1.82, 2.24) is 0 Å². The van der Waals surface area contributed by atoms with Gasteiger partial charge in [-0.15, -0.1) is 0 Å². The maximum absolute atomic E-state index is 5.24. The van der Waals surface area contributed by atoms with Crippen molar-refractivity contribution in [2.24, 2.45) is 0 Å². The van der Waals surface area contributed by atoms with Crippen molar-refractivity contribution >= 4 is 15.9 Å². The molecule has 1 aliphatic rings. The van der Waals surface area contributed by atoms with Crippen LogP contribution in [-0.4, -0.2) is 13.9 Å². The molecule has 13 heavy (non-hydrogen) atoms. The molecule has 1 aliphatic heterocycles. The number of alkyl halides is 1. The van der Waals surface area contributed by atoms with E-state index in [9.17, 15) is 0 Å². The SMILES string of the molecule is COC(Br)c1ccc2c(c1)OCO2. The lowest BCUT2D eigenvalue weighted by atomic mass is 10.2. The highest BCUT2D eigenvalue weighted by molar-refractivity contribution is 9.09. The van der Waals surface area contributed by atoms with Gasteiger partial charge in [-0.3, -0.25) is 0 Å². The van der Waals surface area contributed by atoms with Crippen LogP contribution in [0.15, 0.2) is 18.2 Å². The van der Waals surface area contributed by atoms with E-state index in [-0.39, 0.29) is 5.01 Å². The van der Waals surface area contributed by atoms with E-state index in [1.807, 2.05) is 18.2 Å². The van der Waals surface area contributed by atoms with Crippen LogP contribution in [0.4, 0.5) is 0 Å². The Labute approximate surface area is 84.7 Å². The van der Waals surface area contributed by atoms with Gasteiger partial charge in [0.1, 0.15) is 5.01 Å². The first-order valence-electron chi connectivity index (χ1n) is 3.87. The van der Waals surface area contributed by atoms with Gasteiger partial charge in [0.25, 0.3) is 0 Å². The lowest BCUT2D eigenvalue weighted by molar-refractivity contribution is 0.172. The second-order valence-electron chi connectivity index (χ2n) is 2.66. The molecule has 0 amide bonds. The molecule has 3 nitrogen and oxygen atoms in total. The molecule has 70 valence electrons.